The minimum absolute atomic E-state index is 0.0651. The number of carbonyl (C=O) groups excluding carboxylic acids is 2. The van der Waals surface area contributed by atoms with E-state index >= 15 is 0 Å². The summed E-state index contributed by atoms with van der Waals surface area (Å²) in [5, 5.41) is 14.2. The average Bonchev–Trinajstić information content (AvgIpc) is 2.93. The second-order valence-corrected chi connectivity index (χ2v) is 11.0. The third kappa shape index (κ3) is 11.3. The van der Waals surface area contributed by atoms with Crippen molar-refractivity contribution in [1.29, 1.82) is 0 Å². The Labute approximate surface area is 244 Å². The van der Waals surface area contributed by atoms with Crippen LogP contribution in [0.1, 0.15) is 78.1 Å². The molecule has 0 bridgehead atoms. The Kier molecular flexibility index (Phi) is 14.8. The first-order valence-corrected chi connectivity index (χ1v) is 14.6. The smallest absolute Gasteiger partial charge is 0.334 e. The van der Waals surface area contributed by atoms with Gasteiger partial charge in [-0.25, -0.2) is 4.79 Å². The third-order valence-corrected chi connectivity index (χ3v) is 7.96. The van der Waals surface area contributed by atoms with Crippen molar-refractivity contribution < 1.29 is 33.6 Å². The van der Waals surface area contributed by atoms with Crippen molar-refractivity contribution in [1.82, 2.24) is 5.32 Å². The van der Waals surface area contributed by atoms with E-state index in [1.165, 1.54) is 18.8 Å². The van der Waals surface area contributed by atoms with Gasteiger partial charge in [0.25, 0.3) is 0 Å². The van der Waals surface area contributed by atoms with E-state index in [0.29, 0.717) is 43.8 Å². The fourth-order valence-corrected chi connectivity index (χ4v) is 5.30. The highest BCUT2D eigenvalue weighted by Gasteiger charge is 2.47. The van der Waals surface area contributed by atoms with Crippen LogP contribution in [0, 0.1) is 24.2 Å². The standard InChI is InChI=1S/C31H46ClNO7/c1-6-7-8-12-24(20-32)15-14-22(2)11-9-10-13-29(34)33-21-31(36)23(3)28(38-5)18-27(40-31)17-26-16-25(37-4)19-30(35)39-26/h1,9,11,19-20,22-23,26-28,36H,7-8,10,12-18,21H2,2-5H3,(H,33,34). The lowest BCUT2D eigenvalue weighted by molar-refractivity contribution is -0.303. The molecule has 0 aromatic carbocycles. The zero-order valence-corrected chi connectivity index (χ0v) is 25.1. The van der Waals surface area contributed by atoms with Crippen molar-refractivity contribution in [3.63, 3.8) is 0 Å². The Balaban J connectivity index is 1.80. The van der Waals surface area contributed by atoms with Crippen molar-refractivity contribution in [2.45, 2.75) is 102 Å². The number of cyclic esters (lactones) is 1. The normalized spacial score (nSPS) is 28.0. The highest BCUT2D eigenvalue weighted by molar-refractivity contribution is 6.25. The Morgan fingerprint density at radius 3 is 2.80 bits per heavy atom. The number of ether oxygens (including phenoxy) is 4. The number of halogens is 1. The summed E-state index contributed by atoms with van der Waals surface area (Å²) < 4.78 is 22.4. The van der Waals surface area contributed by atoms with Crippen molar-refractivity contribution >= 4 is 23.5 Å². The maximum Gasteiger partial charge on any atom is 0.334 e. The first kappa shape index (κ1) is 33.9. The summed E-state index contributed by atoms with van der Waals surface area (Å²) in [6.07, 6.45) is 16.4. The molecule has 2 rings (SSSR count). The van der Waals surface area contributed by atoms with Crippen LogP contribution < -0.4 is 5.32 Å². The number of methoxy groups -OCH3 is 2. The first-order chi connectivity index (χ1) is 19.1. The quantitative estimate of drug-likeness (QED) is 0.113. The summed E-state index contributed by atoms with van der Waals surface area (Å²) in [5.41, 5.74) is 2.88. The van der Waals surface area contributed by atoms with E-state index in [1.807, 2.05) is 13.0 Å². The number of rotatable bonds is 16. The van der Waals surface area contributed by atoms with E-state index in [2.05, 4.69) is 24.2 Å². The van der Waals surface area contributed by atoms with Gasteiger partial charge in [-0.15, -0.1) is 12.3 Å². The number of nitrogens with one attached hydrogen (secondary N) is 1. The minimum atomic E-state index is -1.62. The van der Waals surface area contributed by atoms with E-state index in [0.717, 1.165) is 32.1 Å². The van der Waals surface area contributed by atoms with Crippen LogP contribution >= 0.6 is 11.6 Å². The maximum absolute atomic E-state index is 12.6. The van der Waals surface area contributed by atoms with Crippen LogP contribution in [0.2, 0.25) is 0 Å². The number of terminal acetylenes is 1. The topological polar surface area (TPSA) is 103 Å². The Morgan fingerprint density at radius 1 is 1.35 bits per heavy atom. The molecule has 0 aliphatic carbocycles. The summed E-state index contributed by atoms with van der Waals surface area (Å²) in [4.78, 5) is 24.4. The lowest BCUT2D eigenvalue weighted by Gasteiger charge is -2.46. The number of unbranched alkanes of at least 4 members (excludes halogenated alkanes) is 1. The molecule has 6 unspecified atom stereocenters. The van der Waals surface area contributed by atoms with Gasteiger partial charge in [-0.3, -0.25) is 4.79 Å². The van der Waals surface area contributed by atoms with Gasteiger partial charge in [-0.05, 0) is 38.0 Å². The van der Waals surface area contributed by atoms with E-state index in [9.17, 15) is 14.7 Å². The molecule has 8 nitrogen and oxygen atoms in total. The van der Waals surface area contributed by atoms with Crippen LogP contribution in [0.4, 0.5) is 0 Å². The summed E-state index contributed by atoms with van der Waals surface area (Å²) in [6.45, 7) is 3.92. The molecule has 2 aliphatic rings. The molecule has 2 N–H and O–H groups in total. The predicted octanol–water partition coefficient (Wildman–Crippen LogP) is 5.15. The molecule has 0 aromatic rings. The van der Waals surface area contributed by atoms with Gasteiger partial charge in [-0.2, -0.15) is 0 Å². The fourth-order valence-electron chi connectivity index (χ4n) is 5.08. The average molecular weight is 580 g/mol. The molecule has 1 saturated heterocycles. The molecule has 2 heterocycles. The lowest BCUT2D eigenvalue weighted by Crippen LogP contribution is -2.59. The Bertz CT molecular complexity index is 956. The second kappa shape index (κ2) is 17.5. The van der Waals surface area contributed by atoms with Gasteiger partial charge in [0.15, 0.2) is 5.79 Å². The van der Waals surface area contributed by atoms with E-state index in [1.54, 1.807) is 12.6 Å². The molecule has 1 fully saturated rings. The number of amides is 1. The molecular formula is C31H46ClNO7. The number of hydrogen-bond acceptors (Lipinski definition) is 7. The predicted molar refractivity (Wildman–Crippen MR) is 155 cm³/mol. The molecule has 9 heteroatoms. The van der Waals surface area contributed by atoms with E-state index in [-0.39, 0.29) is 24.5 Å². The highest BCUT2D eigenvalue weighted by atomic mass is 35.5. The van der Waals surface area contributed by atoms with Gasteiger partial charge in [0, 0.05) is 50.7 Å². The molecule has 6 atom stereocenters. The van der Waals surface area contributed by atoms with Crippen LogP contribution in [-0.4, -0.2) is 61.8 Å². The SMILES string of the molecule is C#CCCCC(=CCl)CCC(C)C=CCCC(=O)NCC1(O)OC(CC2CC(OC)=CC(=O)O2)CC(OC)C1C. The monoisotopic (exact) mass is 579 g/mol. The molecule has 1 amide bonds. The number of esters is 1. The molecule has 2 aliphatic heterocycles. The summed E-state index contributed by atoms with van der Waals surface area (Å²) in [7, 11) is 3.11. The van der Waals surface area contributed by atoms with Gasteiger partial charge in [0.05, 0.1) is 31.9 Å². The fraction of sp³-hybridized carbons (Fsp3) is 0.677. The molecule has 0 radical (unpaired) electrons. The summed E-state index contributed by atoms with van der Waals surface area (Å²) in [6, 6.07) is 0. The van der Waals surface area contributed by atoms with Gasteiger partial charge in [0.2, 0.25) is 5.91 Å². The van der Waals surface area contributed by atoms with Gasteiger partial charge in [0.1, 0.15) is 11.9 Å². The largest absolute Gasteiger partial charge is 0.501 e. The molecule has 0 spiro atoms. The van der Waals surface area contributed by atoms with Crippen LogP contribution in [0.5, 0.6) is 0 Å². The Hall–Kier alpha value is -2.31. The van der Waals surface area contributed by atoms with Crippen LogP contribution in [0.3, 0.4) is 0 Å². The number of aliphatic hydroxyl groups is 1. The summed E-state index contributed by atoms with van der Waals surface area (Å²) in [5.74, 6) is 0.940. The van der Waals surface area contributed by atoms with Crippen LogP contribution in [0.25, 0.3) is 0 Å². The molecule has 0 saturated carbocycles. The number of carbonyl (C=O) groups is 2. The first-order valence-electron chi connectivity index (χ1n) is 14.2. The zero-order chi connectivity index (χ0) is 29.5. The van der Waals surface area contributed by atoms with Crippen molar-refractivity contribution in [2.75, 3.05) is 20.8 Å². The number of hydrogen-bond donors (Lipinski definition) is 2. The maximum atomic E-state index is 12.6. The highest BCUT2D eigenvalue weighted by Crippen LogP contribution is 2.36. The lowest BCUT2D eigenvalue weighted by atomic mass is 9.85. The van der Waals surface area contributed by atoms with Gasteiger partial charge < -0.3 is 29.4 Å². The minimum Gasteiger partial charge on any atom is -0.501 e. The van der Waals surface area contributed by atoms with Crippen LogP contribution in [0.15, 0.2) is 35.1 Å². The molecule has 0 aromatic heterocycles. The van der Waals surface area contributed by atoms with Gasteiger partial charge >= 0.3 is 5.97 Å². The third-order valence-electron chi connectivity index (χ3n) is 7.65. The summed E-state index contributed by atoms with van der Waals surface area (Å²) >= 11 is 5.95. The van der Waals surface area contributed by atoms with Crippen LogP contribution in [-0.2, 0) is 28.5 Å². The van der Waals surface area contributed by atoms with Crippen molar-refractivity contribution in [3.05, 3.63) is 35.1 Å². The van der Waals surface area contributed by atoms with E-state index in [4.69, 9.17) is 37.0 Å². The second-order valence-electron chi connectivity index (χ2n) is 10.8. The van der Waals surface area contributed by atoms with Gasteiger partial charge in [-0.1, -0.05) is 43.2 Å². The van der Waals surface area contributed by atoms with Crippen molar-refractivity contribution in [3.8, 4) is 12.3 Å². The van der Waals surface area contributed by atoms with Crippen molar-refractivity contribution in [2.24, 2.45) is 11.8 Å². The molecule has 40 heavy (non-hydrogen) atoms. The van der Waals surface area contributed by atoms with E-state index < -0.39 is 24.0 Å². The molecular weight excluding hydrogens is 534 g/mol. The molecule has 224 valence electrons. The Morgan fingerprint density at radius 2 is 2.12 bits per heavy atom. The number of allylic oxidation sites excluding steroid dienone is 3. The zero-order valence-electron chi connectivity index (χ0n) is 24.3.